The Morgan fingerprint density at radius 3 is 0.943 bits per heavy atom. The zero-order chi connectivity index (χ0) is 25.8. The Hall–Kier alpha value is -1.84. The monoisotopic (exact) mass is 512 g/mol. The van der Waals surface area contributed by atoms with Gasteiger partial charge in [0, 0.05) is 14.7 Å². The Kier molecular flexibility index (Phi) is 9.10. The molecule has 0 saturated heterocycles. The second kappa shape index (κ2) is 11.5. The van der Waals surface area contributed by atoms with Crippen molar-refractivity contribution >= 4 is 16.4 Å². The maximum Gasteiger partial charge on any atom is 0.378 e. The number of benzene rings is 3. The molecule has 0 atom stereocenters. The van der Waals surface area contributed by atoms with Gasteiger partial charge in [-0.1, -0.05) is 87.6 Å². The topological polar surface area (TPSA) is 57.5 Å². The molecule has 190 valence electrons. The minimum Gasteiger partial charge on any atom is -0.317 e. The van der Waals surface area contributed by atoms with Gasteiger partial charge < -0.3 is 9.79 Å². The Balaban J connectivity index is 2.23. The molecule has 0 spiro atoms. The standard InChI is InChI=1S/C30H41O3PS/c1-22(2)19-25-7-13-28(14-8-25)35(34(31,32)33,29-15-9-26(10-16-29)20-23(3)4)30-17-11-27(12-18-30)21-24(5)6/h7-18,22-24H,19-21H2,1-6H3,(H2,31,32,33). The highest BCUT2D eigenvalue weighted by Crippen LogP contribution is 2.88. The van der Waals surface area contributed by atoms with Crippen molar-refractivity contribution in [1.29, 1.82) is 0 Å². The molecule has 3 nitrogen and oxygen atoms in total. The molecular formula is C30H41O3PS. The van der Waals surface area contributed by atoms with Crippen LogP contribution < -0.4 is 0 Å². The Morgan fingerprint density at radius 1 is 0.543 bits per heavy atom. The molecule has 0 radical (unpaired) electrons. The summed E-state index contributed by atoms with van der Waals surface area (Å²) in [6.07, 6.45) is 2.81. The molecule has 0 aliphatic rings. The lowest BCUT2D eigenvalue weighted by Crippen LogP contribution is -2.06. The van der Waals surface area contributed by atoms with Crippen molar-refractivity contribution in [2.45, 2.75) is 75.5 Å². The maximum absolute atomic E-state index is 13.6. The molecule has 3 rings (SSSR count). The van der Waals surface area contributed by atoms with E-state index in [2.05, 4.69) is 41.5 Å². The molecule has 0 saturated carbocycles. The van der Waals surface area contributed by atoms with E-state index < -0.39 is 16.4 Å². The van der Waals surface area contributed by atoms with Crippen LogP contribution in [0, 0.1) is 17.8 Å². The summed E-state index contributed by atoms with van der Waals surface area (Å²) in [5, 5.41) is 0. The third kappa shape index (κ3) is 6.49. The molecule has 0 aromatic heterocycles. The summed E-state index contributed by atoms with van der Waals surface area (Å²) in [4.78, 5) is 24.3. The van der Waals surface area contributed by atoms with Crippen LogP contribution in [-0.2, 0) is 23.8 Å². The fourth-order valence-corrected chi connectivity index (χ4v) is 11.5. The van der Waals surface area contributed by atoms with Crippen LogP contribution >= 0.6 is 16.4 Å². The van der Waals surface area contributed by atoms with E-state index in [-0.39, 0.29) is 0 Å². The van der Waals surface area contributed by atoms with Gasteiger partial charge in [0.15, 0.2) is 0 Å². The summed E-state index contributed by atoms with van der Waals surface area (Å²) in [6, 6.07) is 23.9. The zero-order valence-corrected chi connectivity index (χ0v) is 23.7. The van der Waals surface area contributed by atoms with Gasteiger partial charge in [0.1, 0.15) is 0 Å². The van der Waals surface area contributed by atoms with E-state index in [1.54, 1.807) is 0 Å². The largest absolute Gasteiger partial charge is 0.378 e. The number of hydrogen-bond acceptors (Lipinski definition) is 1. The predicted molar refractivity (Wildman–Crippen MR) is 149 cm³/mol. The van der Waals surface area contributed by atoms with Crippen LogP contribution in [0.5, 0.6) is 0 Å². The molecule has 5 heteroatoms. The van der Waals surface area contributed by atoms with E-state index in [9.17, 15) is 14.4 Å². The second-order valence-electron chi connectivity index (χ2n) is 10.8. The van der Waals surface area contributed by atoms with Gasteiger partial charge in [-0.2, -0.15) is 0 Å². The van der Waals surface area contributed by atoms with Crippen LogP contribution in [0.2, 0.25) is 0 Å². The van der Waals surface area contributed by atoms with Gasteiger partial charge in [0.2, 0.25) is 0 Å². The van der Waals surface area contributed by atoms with E-state index in [0.717, 1.165) is 19.3 Å². The Bertz CT molecular complexity index is 998. The predicted octanol–water partition coefficient (Wildman–Crippen LogP) is 8.66. The van der Waals surface area contributed by atoms with Gasteiger partial charge in [0.05, 0.1) is 0 Å². The molecule has 0 heterocycles. The number of hydrogen-bond donors (Lipinski definition) is 2. The SMILES string of the molecule is CC(C)Cc1ccc(S(c2ccc(CC(C)C)cc2)(c2ccc(CC(C)C)cc2)P(=O)(O)O)cc1. The Morgan fingerprint density at radius 2 is 0.771 bits per heavy atom. The van der Waals surface area contributed by atoms with Crippen LogP contribution in [-0.4, -0.2) is 9.79 Å². The van der Waals surface area contributed by atoms with Gasteiger partial charge >= 0.3 is 6.80 Å². The van der Waals surface area contributed by atoms with Crippen molar-refractivity contribution in [2.75, 3.05) is 0 Å². The minimum atomic E-state index is -4.62. The van der Waals surface area contributed by atoms with Crippen LogP contribution in [0.15, 0.2) is 87.5 Å². The summed E-state index contributed by atoms with van der Waals surface area (Å²) in [6.45, 7) is 8.45. The van der Waals surface area contributed by atoms with Gasteiger partial charge in [-0.3, -0.25) is 0 Å². The molecule has 3 aromatic rings. The molecule has 2 N–H and O–H groups in total. The second-order valence-corrected chi connectivity index (χ2v) is 17.4. The van der Waals surface area contributed by atoms with Crippen molar-refractivity contribution in [3.8, 4) is 0 Å². The van der Waals surface area contributed by atoms with Gasteiger partial charge in [-0.05, 0) is 90.1 Å². The number of rotatable bonds is 10. The molecule has 0 amide bonds. The third-order valence-electron chi connectivity index (χ3n) is 6.08. The highest BCUT2D eigenvalue weighted by Gasteiger charge is 2.46. The van der Waals surface area contributed by atoms with Gasteiger partial charge in [0.25, 0.3) is 0 Å². The van der Waals surface area contributed by atoms with E-state index in [1.807, 2.05) is 72.8 Å². The Labute approximate surface area is 213 Å². The summed E-state index contributed by atoms with van der Waals surface area (Å²) >= 11 is 0. The van der Waals surface area contributed by atoms with Gasteiger partial charge in [-0.15, -0.1) is 0 Å². The first-order valence-electron chi connectivity index (χ1n) is 12.6. The highest BCUT2D eigenvalue weighted by molar-refractivity contribution is 8.76. The molecule has 0 fully saturated rings. The normalized spacial score (nSPS) is 13.1. The lowest BCUT2D eigenvalue weighted by atomic mass is 10.0. The molecule has 0 aliphatic heterocycles. The van der Waals surface area contributed by atoms with Crippen LogP contribution in [0.4, 0.5) is 0 Å². The maximum atomic E-state index is 13.6. The fourth-order valence-electron chi connectivity index (χ4n) is 4.70. The van der Waals surface area contributed by atoms with Crippen LogP contribution in [0.25, 0.3) is 0 Å². The van der Waals surface area contributed by atoms with E-state index in [1.165, 1.54) is 16.7 Å². The molecule has 0 aliphatic carbocycles. The van der Waals surface area contributed by atoms with E-state index >= 15 is 0 Å². The van der Waals surface area contributed by atoms with E-state index in [4.69, 9.17) is 0 Å². The van der Waals surface area contributed by atoms with Crippen LogP contribution in [0.3, 0.4) is 0 Å². The van der Waals surface area contributed by atoms with Gasteiger partial charge in [-0.25, -0.2) is 4.57 Å². The average molecular weight is 513 g/mol. The quantitative estimate of drug-likeness (QED) is 0.267. The van der Waals surface area contributed by atoms with Crippen molar-refractivity contribution in [2.24, 2.45) is 17.8 Å². The molecule has 0 bridgehead atoms. The summed E-state index contributed by atoms with van der Waals surface area (Å²) in [5.74, 6) is 1.55. The first-order chi connectivity index (χ1) is 16.4. The molecule has 3 aromatic carbocycles. The van der Waals surface area contributed by atoms with Crippen molar-refractivity contribution < 1.29 is 14.4 Å². The summed E-state index contributed by atoms with van der Waals surface area (Å²) in [5.41, 5.74) is 3.55. The minimum absolute atomic E-state index is 0.516. The lowest BCUT2D eigenvalue weighted by Gasteiger charge is -2.41. The first kappa shape index (κ1) is 27.7. The van der Waals surface area contributed by atoms with Crippen molar-refractivity contribution in [3.05, 3.63) is 89.5 Å². The smallest absolute Gasteiger partial charge is 0.317 e. The lowest BCUT2D eigenvalue weighted by molar-refractivity contribution is 0.395. The summed E-state index contributed by atoms with van der Waals surface area (Å²) < 4.78 is 13.6. The van der Waals surface area contributed by atoms with Crippen molar-refractivity contribution in [3.63, 3.8) is 0 Å². The van der Waals surface area contributed by atoms with Crippen molar-refractivity contribution in [1.82, 2.24) is 0 Å². The zero-order valence-electron chi connectivity index (χ0n) is 21.9. The van der Waals surface area contributed by atoms with E-state index in [0.29, 0.717) is 32.4 Å². The summed E-state index contributed by atoms with van der Waals surface area (Å²) in [7, 11) is -2.82. The molecular weight excluding hydrogens is 471 g/mol. The average Bonchev–Trinajstić information content (AvgIpc) is 2.75. The van der Waals surface area contributed by atoms with Crippen LogP contribution in [0.1, 0.15) is 58.2 Å². The highest BCUT2D eigenvalue weighted by atomic mass is 32.8. The first-order valence-corrected chi connectivity index (χ1v) is 16.4. The third-order valence-corrected chi connectivity index (χ3v) is 13.7. The molecule has 35 heavy (non-hydrogen) atoms. The fraction of sp³-hybridized carbons (Fsp3) is 0.400. The molecule has 0 unspecified atom stereocenters.